The van der Waals surface area contributed by atoms with E-state index in [0.717, 1.165) is 12.4 Å². The van der Waals surface area contributed by atoms with Crippen molar-refractivity contribution >= 4 is 0 Å². The second kappa shape index (κ2) is 3.33. The zero-order chi connectivity index (χ0) is 9.26. The lowest BCUT2D eigenvalue weighted by molar-refractivity contribution is 0.354. The van der Waals surface area contributed by atoms with Crippen LogP contribution in [0.4, 0.5) is 0 Å². The minimum absolute atomic E-state index is 0.563. The summed E-state index contributed by atoms with van der Waals surface area (Å²) < 4.78 is 7.22. The predicted octanol–water partition coefficient (Wildman–Crippen LogP) is 0.341. The van der Waals surface area contributed by atoms with Crippen LogP contribution in [-0.2, 0) is 6.54 Å². The maximum Gasteiger partial charge on any atom is 0.316 e. The van der Waals surface area contributed by atoms with Gasteiger partial charge in [0.25, 0.3) is 0 Å². The molecule has 1 N–H and O–H groups in total. The highest BCUT2D eigenvalue weighted by Gasteiger charge is 2.29. The fraction of sp³-hybridized carbons (Fsp3) is 0.750. The molecule has 0 aromatic carbocycles. The third kappa shape index (κ3) is 1.51. The summed E-state index contributed by atoms with van der Waals surface area (Å²) in [7, 11) is 3.53. The van der Waals surface area contributed by atoms with Crippen LogP contribution in [0.25, 0.3) is 0 Å². The molecule has 0 saturated heterocycles. The highest BCUT2D eigenvalue weighted by atomic mass is 16.5. The summed E-state index contributed by atoms with van der Waals surface area (Å²) >= 11 is 0. The van der Waals surface area contributed by atoms with Gasteiger partial charge in [-0.1, -0.05) is 5.10 Å². The fourth-order valence-corrected chi connectivity index (χ4v) is 1.42. The average Bonchev–Trinajstić information content (AvgIpc) is 2.89. The molecule has 1 aromatic rings. The van der Waals surface area contributed by atoms with Gasteiger partial charge in [-0.15, -0.1) is 5.10 Å². The zero-order valence-electron chi connectivity index (χ0n) is 7.95. The van der Waals surface area contributed by atoms with Gasteiger partial charge in [-0.3, -0.25) is 4.57 Å². The van der Waals surface area contributed by atoms with E-state index >= 15 is 0 Å². The molecule has 0 amide bonds. The van der Waals surface area contributed by atoms with Gasteiger partial charge in [-0.05, 0) is 19.9 Å². The Morgan fingerprint density at radius 1 is 1.54 bits per heavy atom. The summed E-state index contributed by atoms with van der Waals surface area (Å²) in [6.45, 7) is 0.743. The number of hydrogen-bond acceptors (Lipinski definition) is 4. The quantitative estimate of drug-likeness (QED) is 0.729. The topological polar surface area (TPSA) is 52.0 Å². The minimum Gasteiger partial charge on any atom is -0.467 e. The predicted molar refractivity (Wildman–Crippen MR) is 47.6 cm³/mol. The third-order valence-electron chi connectivity index (χ3n) is 2.16. The van der Waals surface area contributed by atoms with E-state index in [1.807, 2.05) is 7.05 Å². The van der Waals surface area contributed by atoms with Crippen LogP contribution in [-0.4, -0.2) is 28.9 Å². The third-order valence-corrected chi connectivity index (χ3v) is 2.16. The van der Waals surface area contributed by atoms with Crippen molar-refractivity contribution in [2.24, 2.45) is 0 Å². The van der Waals surface area contributed by atoms with Gasteiger partial charge in [-0.25, -0.2) is 0 Å². The van der Waals surface area contributed by atoms with Crippen molar-refractivity contribution in [3.05, 3.63) is 5.82 Å². The number of nitrogens with zero attached hydrogens (tertiary/aromatic N) is 3. The van der Waals surface area contributed by atoms with Crippen LogP contribution in [0, 0.1) is 0 Å². The molecule has 5 heteroatoms. The van der Waals surface area contributed by atoms with Crippen LogP contribution in [0.3, 0.4) is 0 Å². The molecule has 1 fully saturated rings. The molecule has 13 heavy (non-hydrogen) atoms. The van der Waals surface area contributed by atoms with Crippen molar-refractivity contribution in [3.8, 4) is 6.01 Å². The summed E-state index contributed by atoms with van der Waals surface area (Å²) in [6.07, 6.45) is 2.43. The van der Waals surface area contributed by atoms with Crippen LogP contribution >= 0.6 is 0 Å². The highest BCUT2D eigenvalue weighted by molar-refractivity contribution is 5.06. The SMILES string of the molecule is CNCc1nnc(OC)n1C1CC1. The number of aromatic nitrogens is 3. The molecule has 1 aliphatic rings. The first-order valence-corrected chi connectivity index (χ1v) is 4.49. The minimum atomic E-state index is 0.563. The Kier molecular flexibility index (Phi) is 2.18. The van der Waals surface area contributed by atoms with Crippen molar-refractivity contribution < 1.29 is 4.74 Å². The first kappa shape index (κ1) is 8.50. The summed E-state index contributed by atoms with van der Waals surface area (Å²) in [5.41, 5.74) is 0. The maximum atomic E-state index is 5.14. The van der Waals surface area contributed by atoms with E-state index in [4.69, 9.17) is 4.74 Å². The van der Waals surface area contributed by atoms with Crippen molar-refractivity contribution in [1.82, 2.24) is 20.1 Å². The van der Waals surface area contributed by atoms with E-state index in [9.17, 15) is 0 Å². The Hall–Kier alpha value is -1.10. The summed E-state index contributed by atoms with van der Waals surface area (Å²) in [5.74, 6) is 0.960. The molecule has 0 bridgehead atoms. The van der Waals surface area contributed by atoms with Crippen molar-refractivity contribution in [3.63, 3.8) is 0 Å². The molecule has 1 heterocycles. The molecule has 1 saturated carbocycles. The molecule has 0 aliphatic heterocycles. The van der Waals surface area contributed by atoms with Gasteiger partial charge in [0.2, 0.25) is 0 Å². The Morgan fingerprint density at radius 2 is 2.31 bits per heavy atom. The van der Waals surface area contributed by atoms with Crippen molar-refractivity contribution in [1.29, 1.82) is 0 Å². The standard InChI is InChI=1S/C8H14N4O/c1-9-5-7-10-11-8(13-2)12(7)6-3-4-6/h6,9H,3-5H2,1-2H3. The number of nitrogens with one attached hydrogen (secondary N) is 1. The monoisotopic (exact) mass is 182 g/mol. The maximum absolute atomic E-state index is 5.14. The first-order chi connectivity index (χ1) is 6.36. The zero-order valence-corrected chi connectivity index (χ0v) is 7.95. The first-order valence-electron chi connectivity index (χ1n) is 4.49. The lowest BCUT2D eigenvalue weighted by Gasteiger charge is -2.06. The molecular formula is C8H14N4O. The van der Waals surface area contributed by atoms with E-state index in [0.29, 0.717) is 12.1 Å². The lowest BCUT2D eigenvalue weighted by atomic mass is 10.5. The Labute approximate surface area is 77.1 Å². The van der Waals surface area contributed by atoms with E-state index < -0.39 is 0 Å². The van der Waals surface area contributed by atoms with E-state index in [2.05, 4.69) is 20.1 Å². The number of hydrogen-bond donors (Lipinski definition) is 1. The molecule has 0 spiro atoms. The summed E-state index contributed by atoms with van der Waals surface area (Å²) in [6, 6.07) is 1.20. The van der Waals surface area contributed by atoms with E-state index in [-0.39, 0.29) is 0 Å². The van der Waals surface area contributed by atoms with Crippen LogP contribution in [0.5, 0.6) is 6.01 Å². The Morgan fingerprint density at radius 3 is 2.85 bits per heavy atom. The average molecular weight is 182 g/mol. The van der Waals surface area contributed by atoms with Crippen LogP contribution in [0.15, 0.2) is 0 Å². The number of ether oxygens (including phenoxy) is 1. The second-order valence-corrected chi connectivity index (χ2v) is 3.23. The van der Waals surface area contributed by atoms with Crippen molar-refractivity contribution in [2.45, 2.75) is 25.4 Å². The molecule has 1 aromatic heterocycles. The van der Waals surface area contributed by atoms with Gasteiger partial charge in [0.1, 0.15) is 5.82 Å². The summed E-state index contributed by atoms with van der Waals surface area (Å²) in [5, 5.41) is 11.1. The van der Waals surface area contributed by atoms with Crippen LogP contribution in [0.1, 0.15) is 24.7 Å². The molecule has 5 nitrogen and oxygen atoms in total. The number of rotatable bonds is 4. The van der Waals surface area contributed by atoms with Crippen LogP contribution in [0.2, 0.25) is 0 Å². The summed E-state index contributed by atoms with van der Waals surface area (Å²) in [4.78, 5) is 0. The molecule has 0 radical (unpaired) electrons. The van der Waals surface area contributed by atoms with Gasteiger partial charge < -0.3 is 10.1 Å². The van der Waals surface area contributed by atoms with Gasteiger partial charge >= 0.3 is 6.01 Å². The van der Waals surface area contributed by atoms with E-state index in [1.54, 1.807) is 7.11 Å². The van der Waals surface area contributed by atoms with E-state index in [1.165, 1.54) is 12.8 Å². The smallest absolute Gasteiger partial charge is 0.316 e. The molecule has 72 valence electrons. The molecule has 0 atom stereocenters. The number of methoxy groups -OCH3 is 1. The lowest BCUT2D eigenvalue weighted by Crippen LogP contribution is -2.12. The Bertz CT molecular complexity index is 292. The molecule has 0 unspecified atom stereocenters. The molecule has 2 rings (SSSR count). The largest absolute Gasteiger partial charge is 0.467 e. The highest BCUT2D eigenvalue weighted by Crippen LogP contribution is 2.38. The van der Waals surface area contributed by atoms with Crippen LogP contribution < -0.4 is 10.1 Å². The van der Waals surface area contributed by atoms with Gasteiger partial charge in [-0.2, -0.15) is 0 Å². The van der Waals surface area contributed by atoms with Gasteiger partial charge in [0, 0.05) is 6.04 Å². The van der Waals surface area contributed by atoms with Gasteiger partial charge in [0.05, 0.1) is 13.7 Å². The van der Waals surface area contributed by atoms with Gasteiger partial charge in [0.15, 0.2) is 0 Å². The molecule has 1 aliphatic carbocycles. The Balaban J connectivity index is 2.27. The normalized spacial score (nSPS) is 16.2. The van der Waals surface area contributed by atoms with Crippen molar-refractivity contribution in [2.75, 3.05) is 14.2 Å². The second-order valence-electron chi connectivity index (χ2n) is 3.23. The molecular weight excluding hydrogens is 168 g/mol. The fourth-order valence-electron chi connectivity index (χ4n) is 1.42.